The SMILES string of the molecule is C=CCn1c(SCC(=O)NC2CCCC2)nnc1C(C)Oc1ccc(Cl)cc1Cl. The summed E-state index contributed by atoms with van der Waals surface area (Å²) in [7, 11) is 0. The maximum atomic E-state index is 12.2. The van der Waals surface area contributed by atoms with Crippen molar-refractivity contribution in [2.75, 3.05) is 5.75 Å². The van der Waals surface area contributed by atoms with Crippen LogP contribution in [0.2, 0.25) is 10.0 Å². The Morgan fingerprint density at radius 1 is 1.41 bits per heavy atom. The minimum Gasteiger partial charge on any atom is -0.481 e. The number of hydrogen-bond donors (Lipinski definition) is 1. The summed E-state index contributed by atoms with van der Waals surface area (Å²) in [4.78, 5) is 12.2. The molecule has 9 heteroatoms. The Labute approximate surface area is 185 Å². The topological polar surface area (TPSA) is 69.0 Å². The molecule has 2 aromatic rings. The molecule has 1 aliphatic rings. The van der Waals surface area contributed by atoms with Crippen molar-refractivity contribution in [2.45, 2.75) is 56.5 Å². The van der Waals surface area contributed by atoms with Gasteiger partial charge in [0.05, 0.1) is 10.8 Å². The molecule has 6 nitrogen and oxygen atoms in total. The number of allylic oxidation sites excluding steroid dienone is 1. The molecule has 0 radical (unpaired) electrons. The lowest BCUT2D eigenvalue weighted by atomic mass is 10.2. The lowest BCUT2D eigenvalue weighted by Gasteiger charge is -2.17. The van der Waals surface area contributed by atoms with E-state index in [1.54, 1.807) is 24.3 Å². The van der Waals surface area contributed by atoms with E-state index in [0.29, 0.717) is 45.1 Å². The third-order valence-electron chi connectivity index (χ3n) is 4.67. The second kappa shape index (κ2) is 10.4. The Kier molecular flexibility index (Phi) is 7.86. The number of amides is 1. The lowest BCUT2D eigenvalue weighted by Crippen LogP contribution is -2.33. The van der Waals surface area contributed by atoms with Crippen LogP contribution < -0.4 is 10.1 Å². The van der Waals surface area contributed by atoms with Crippen LogP contribution in [0.1, 0.15) is 44.5 Å². The number of thioether (sulfide) groups is 1. The standard InChI is InChI=1S/C20H24Cl2N4O2S/c1-3-10-26-19(13(2)28-17-9-8-14(21)11-16(17)22)24-25-20(26)29-12-18(27)23-15-6-4-5-7-15/h3,8-9,11,13,15H,1,4-7,10,12H2,2H3,(H,23,27). The number of aromatic nitrogens is 3. The summed E-state index contributed by atoms with van der Waals surface area (Å²) in [5, 5.41) is 13.2. The van der Waals surface area contributed by atoms with Crippen molar-refractivity contribution < 1.29 is 9.53 Å². The molecule has 156 valence electrons. The fraction of sp³-hybridized carbons (Fsp3) is 0.450. The van der Waals surface area contributed by atoms with Crippen LogP contribution in [0.25, 0.3) is 0 Å². The number of nitrogens with zero attached hydrogens (tertiary/aromatic N) is 3. The molecule has 0 saturated heterocycles. The van der Waals surface area contributed by atoms with Crippen molar-refractivity contribution in [3.8, 4) is 5.75 Å². The highest BCUT2D eigenvalue weighted by atomic mass is 35.5. The third kappa shape index (κ3) is 5.90. The molecule has 1 N–H and O–H groups in total. The van der Waals surface area contributed by atoms with Crippen LogP contribution in [0.3, 0.4) is 0 Å². The number of ether oxygens (including phenoxy) is 1. The fourth-order valence-electron chi connectivity index (χ4n) is 3.29. The van der Waals surface area contributed by atoms with Gasteiger partial charge < -0.3 is 10.1 Å². The Morgan fingerprint density at radius 3 is 2.86 bits per heavy atom. The Morgan fingerprint density at radius 2 is 2.17 bits per heavy atom. The predicted molar refractivity (Wildman–Crippen MR) is 117 cm³/mol. The van der Waals surface area contributed by atoms with Crippen LogP contribution in [0.5, 0.6) is 5.75 Å². The predicted octanol–water partition coefficient (Wildman–Crippen LogP) is 5.06. The zero-order valence-electron chi connectivity index (χ0n) is 16.2. The van der Waals surface area contributed by atoms with Gasteiger partial charge in [0.15, 0.2) is 17.1 Å². The number of halogens is 2. The van der Waals surface area contributed by atoms with Crippen molar-refractivity contribution >= 4 is 40.9 Å². The minimum atomic E-state index is -0.400. The summed E-state index contributed by atoms with van der Waals surface area (Å²) in [6.07, 6.45) is 5.86. The Hall–Kier alpha value is -1.70. The largest absolute Gasteiger partial charge is 0.481 e. The Balaban J connectivity index is 1.66. The molecule has 1 atom stereocenters. The first-order chi connectivity index (χ1) is 14.0. The lowest BCUT2D eigenvalue weighted by molar-refractivity contribution is -0.119. The van der Waals surface area contributed by atoms with Crippen molar-refractivity contribution in [3.05, 3.63) is 46.7 Å². The normalized spacial score (nSPS) is 15.3. The third-order valence-corrected chi connectivity index (χ3v) is 6.17. The molecule has 1 aliphatic carbocycles. The van der Waals surface area contributed by atoms with Gasteiger partial charge in [0.1, 0.15) is 5.75 Å². The highest BCUT2D eigenvalue weighted by molar-refractivity contribution is 7.99. The second-order valence-corrected chi connectivity index (χ2v) is 8.70. The average Bonchev–Trinajstić information content (AvgIpc) is 3.32. The van der Waals surface area contributed by atoms with E-state index in [1.165, 1.54) is 24.6 Å². The summed E-state index contributed by atoms with van der Waals surface area (Å²) in [6.45, 7) is 6.19. The molecule has 0 bridgehead atoms. The molecule has 0 aliphatic heterocycles. The van der Waals surface area contributed by atoms with Gasteiger partial charge in [-0.2, -0.15) is 0 Å². The molecular weight excluding hydrogens is 431 g/mol. The first-order valence-corrected chi connectivity index (χ1v) is 11.3. The number of carbonyl (C=O) groups excluding carboxylic acids is 1. The molecule has 29 heavy (non-hydrogen) atoms. The first-order valence-electron chi connectivity index (χ1n) is 9.55. The van der Waals surface area contributed by atoms with E-state index < -0.39 is 6.10 Å². The van der Waals surface area contributed by atoms with E-state index >= 15 is 0 Å². The Bertz CT molecular complexity index is 868. The van der Waals surface area contributed by atoms with Crippen LogP contribution in [0, 0.1) is 0 Å². The fourth-order valence-corrected chi connectivity index (χ4v) is 4.51. The van der Waals surface area contributed by atoms with Crippen LogP contribution in [0.4, 0.5) is 0 Å². The van der Waals surface area contributed by atoms with E-state index in [1.807, 2.05) is 11.5 Å². The highest BCUT2D eigenvalue weighted by Crippen LogP contribution is 2.31. The summed E-state index contributed by atoms with van der Waals surface area (Å²) < 4.78 is 7.86. The van der Waals surface area contributed by atoms with Gasteiger partial charge in [-0.15, -0.1) is 16.8 Å². The first kappa shape index (κ1) is 22.0. The van der Waals surface area contributed by atoms with Crippen molar-refractivity contribution in [1.29, 1.82) is 0 Å². The van der Waals surface area contributed by atoms with Crippen LogP contribution in [0.15, 0.2) is 36.0 Å². The van der Waals surface area contributed by atoms with Gasteiger partial charge in [0, 0.05) is 17.6 Å². The van der Waals surface area contributed by atoms with Gasteiger partial charge in [-0.25, -0.2) is 0 Å². The van der Waals surface area contributed by atoms with E-state index in [9.17, 15) is 4.79 Å². The van der Waals surface area contributed by atoms with E-state index in [4.69, 9.17) is 27.9 Å². The van der Waals surface area contributed by atoms with Crippen molar-refractivity contribution in [1.82, 2.24) is 20.1 Å². The van der Waals surface area contributed by atoms with Crippen LogP contribution >= 0.6 is 35.0 Å². The van der Waals surface area contributed by atoms with E-state index in [2.05, 4.69) is 22.1 Å². The van der Waals surface area contributed by atoms with Gasteiger partial charge in [-0.3, -0.25) is 9.36 Å². The van der Waals surface area contributed by atoms with Crippen LogP contribution in [-0.4, -0.2) is 32.5 Å². The number of hydrogen-bond acceptors (Lipinski definition) is 5. The molecule has 3 rings (SSSR count). The highest BCUT2D eigenvalue weighted by Gasteiger charge is 2.22. The number of benzene rings is 1. The number of carbonyl (C=O) groups is 1. The minimum absolute atomic E-state index is 0.0221. The summed E-state index contributed by atoms with van der Waals surface area (Å²) in [5.41, 5.74) is 0. The van der Waals surface area contributed by atoms with E-state index in [0.717, 1.165) is 12.8 Å². The molecule has 1 heterocycles. The summed E-state index contributed by atoms with van der Waals surface area (Å²) in [5.74, 6) is 1.47. The van der Waals surface area contributed by atoms with Crippen molar-refractivity contribution in [2.24, 2.45) is 0 Å². The number of nitrogens with one attached hydrogen (secondary N) is 1. The molecule has 1 aromatic carbocycles. The van der Waals surface area contributed by atoms with E-state index in [-0.39, 0.29) is 5.91 Å². The molecular formula is C20H24Cl2N4O2S. The van der Waals surface area contributed by atoms with Gasteiger partial charge in [0.25, 0.3) is 0 Å². The molecule has 1 aromatic heterocycles. The van der Waals surface area contributed by atoms with Crippen molar-refractivity contribution in [3.63, 3.8) is 0 Å². The summed E-state index contributed by atoms with van der Waals surface area (Å²) in [6, 6.07) is 5.37. The maximum Gasteiger partial charge on any atom is 0.230 e. The molecule has 1 amide bonds. The zero-order valence-corrected chi connectivity index (χ0v) is 18.6. The number of rotatable bonds is 9. The zero-order chi connectivity index (χ0) is 20.8. The molecule has 1 saturated carbocycles. The summed E-state index contributed by atoms with van der Waals surface area (Å²) >= 11 is 13.5. The van der Waals surface area contributed by atoms with Gasteiger partial charge in [-0.05, 0) is 38.0 Å². The van der Waals surface area contributed by atoms with Gasteiger partial charge in [0.2, 0.25) is 5.91 Å². The van der Waals surface area contributed by atoms with Gasteiger partial charge >= 0.3 is 0 Å². The monoisotopic (exact) mass is 454 g/mol. The molecule has 1 fully saturated rings. The maximum absolute atomic E-state index is 12.2. The van der Waals surface area contributed by atoms with Gasteiger partial charge in [-0.1, -0.05) is 53.9 Å². The second-order valence-electron chi connectivity index (χ2n) is 6.91. The molecule has 0 spiro atoms. The molecule has 1 unspecified atom stereocenters. The average molecular weight is 455 g/mol. The smallest absolute Gasteiger partial charge is 0.230 e. The quantitative estimate of drug-likeness (QED) is 0.423. The van der Waals surface area contributed by atoms with Crippen LogP contribution in [-0.2, 0) is 11.3 Å².